The van der Waals surface area contributed by atoms with Crippen LogP contribution in [0.1, 0.15) is 32.8 Å². The van der Waals surface area contributed by atoms with Crippen molar-refractivity contribution in [3.8, 4) is 5.75 Å². The van der Waals surface area contributed by atoms with E-state index in [2.05, 4.69) is 5.32 Å². The van der Waals surface area contributed by atoms with E-state index in [1.54, 1.807) is 74.5 Å². The lowest BCUT2D eigenvalue weighted by Crippen LogP contribution is -2.52. The number of carbonyl (C=O) groups is 2. The van der Waals surface area contributed by atoms with Gasteiger partial charge in [0, 0.05) is 23.0 Å². The monoisotopic (exact) mass is 617 g/mol. The van der Waals surface area contributed by atoms with Crippen LogP contribution in [0.5, 0.6) is 5.75 Å². The molecule has 0 bridgehead atoms. The van der Waals surface area contributed by atoms with Crippen LogP contribution in [0.3, 0.4) is 0 Å². The summed E-state index contributed by atoms with van der Waals surface area (Å²) < 4.78 is 34.6. The molecule has 8 nitrogen and oxygen atoms in total. The van der Waals surface area contributed by atoms with Gasteiger partial charge in [0.25, 0.3) is 10.0 Å². The summed E-state index contributed by atoms with van der Waals surface area (Å²) in [5.41, 5.74) is 0.938. The third-order valence-electron chi connectivity index (χ3n) is 6.40. The summed E-state index contributed by atoms with van der Waals surface area (Å²) >= 11 is 7.92. The van der Waals surface area contributed by atoms with Gasteiger partial charge >= 0.3 is 0 Å². The van der Waals surface area contributed by atoms with E-state index in [1.165, 1.54) is 28.8 Å². The number of amides is 2. The minimum Gasteiger partial charge on any atom is -0.494 e. The van der Waals surface area contributed by atoms with E-state index in [0.717, 1.165) is 9.20 Å². The highest BCUT2D eigenvalue weighted by molar-refractivity contribution is 7.98. The van der Waals surface area contributed by atoms with E-state index < -0.39 is 28.5 Å². The molecule has 1 atom stereocenters. The molecule has 2 amide bonds. The van der Waals surface area contributed by atoms with Gasteiger partial charge in [0.05, 0.1) is 17.2 Å². The Balaban J connectivity index is 2.07. The number of hydrogen-bond donors (Lipinski definition) is 1. The quantitative estimate of drug-likeness (QED) is 0.237. The number of halogens is 1. The van der Waals surface area contributed by atoms with Gasteiger partial charge < -0.3 is 15.0 Å². The number of thioether (sulfide) groups is 1. The van der Waals surface area contributed by atoms with Crippen LogP contribution in [0.4, 0.5) is 5.69 Å². The Morgan fingerprint density at radius 1 is 0.976 bits per heavy atom. The maximum absolute atomic E-state index is 14.1. The normalized spacial score (nSPS) is 11.9. The lowest BCUT2D eigenvalue weighted by molar-refractivity contribution is -0.140. The van der Waals surface area contributed by atoms with Crippen molar-refractivity contribution in [2.75, 3.05) is 30.3 Å². The molecule has 0 saturated heterocycles. The number of hydrogen-bond acceptors (Lipinski definition) is 6. The van der Waals surface area contributed by atoms with Gasteiger partial charge in [-0.1, -0.05) is 36.7 Å². The molecule has 41 heavy (non-hydrogen) atoms. The van der Waals surface area contributed by atoms with Crippen molar-refractivity contribution in [1.82, 2.24) is 10.2 Å². The van der Waals surface area contributed by atoms with Crippen molar-refractivity contribution in [2.24, 2.45) is 0 Å². The lowest BCUT2D eigenvalue weighted by Gasteiger charge is -2.33. The van der Waals surface area contributed by atoms with E-state index >= 15 is 0 Å². The van der Waals surface area contributed by atoms with Crippen LogP contribution < -0.4 is 14.4 Å². The third-order valence-corrected chi connectivity index (χ3v) is 9.30. The second-order valence-corrected chi connectivity index (χ2v) is 12.2. The fraction of sp³-hybridized carbons (Fsp3) is 0.333. The molecule has 0 heterocycles. The average Bonchev–Trinajstić information content (AvgIpc) is 2.97. The van der Waals surface area contributed by atoms with Crippen LogP contribution in [-0.2, 0) is 26.2 Å². The van der Waals surface area contributed by atoms with Gasteiger partial charge in [-0.25, -0.2) is 8.42 Å². The van der Waals surface area contributed by atoms with Gasteiger partial charge in [0.15, 0.2) is 0 Å². The van der Waals surface area contributed by atoms with E-state index in [4.69, 9.17) is 16.3 Å². The molecule has 3 aromatic rings. The zero-order chi connectivity index (χ0) is 30.0. The van der Waals surface area contributed by atoms with Gasteiger partial charge in [-0.15, -0.1) is 11.8 Å². The number of nitrogens with zero attached hydrogens (tertiary/aromatic N) is 2. The van der Waals surface area contributed by atoms with Crippen molar-refractivity contribution < 1.29 is 22.7 Å². The highest BCUT2D eigenvalue weighted by Crippen LogP contribution is 2.28. The van der Waals surface area contributed by atoms with Gasteiger partial charge in [-0.2, -0.15) is 0 Å². The fourth-order valence-corrected chi connectivity index (χ4v) is 6.32. The molecule has 0 aromatic heterocycles. The molecule has 0 saturated carbocycles. The summed E-state index contributed by atoms with van der Waals surface area (Å²) in [6.07, 6.45) is 2.23. The Morgan fingerprint density at radius 2 is 1.63 bits per heavy atom. The Labute approximate surface area is 252 Å². The van der Waals surface area contributed by atoms with Crippen molar-refractivity contribution in [3.63, 3.8) is 0 Å². The number of sulfonamides is 1. The number of nitrogens with one attached hydrogen (secondary N) is 1. The predicted octanol–water partition coefficient (Wildman–Crippen LogP) is 5.60. The smallest absolute Gasteiger partial charge is 0.264 e. The summed E-state index contributed by atoms with van der Waals surface area (Å²) in [6.45, 7) is 5.82. The molecule has 0 unspecified atom stereocenters. The first kappa shape index (κ1) is 32.3. The topological polar surface area (TPSA) is 96.0 Å². The minimum atomic E-state index is -4.17. The predicted molar refractivity (Wildman–Crippen MR) is 165 cm³/mol. The number of likely N-dealkylation sites (N-methyl/N-ethyl adjacent to an activating group) is 1. The van der Waals surface area contributed by atoms with E-state index in [1.807, 2.05) is 13.2 Å². The molecule has 0 aliphatic rings. The molecule has 0 spiro atoms. The zero-order valence-electron chi connectivity index (χ0n) is 23.7. The molecule has 1 N–H and O–H groups in total. The number of rotatable bonds is 14. The molecular formula is C30H36ClN3O5S2. The first-order valence-electron chi connectivity index (χ1n) is 13.4. The SMILES string of the molecule is CCNC(=O)[C@@H](CC)N(Cc1ccccc1Cl)C(=O)CN(c1ccc(OCC)cc1)S(=O)(=O)c1ccc(SC)cc1. The summed E-state index contributed by atoms with van der Waals surface area (Å²) in [5, 5.41) is 3.23. The molecule has 3 aromatic carbocycles. The third kappa shape index (κ3) is 8.18. The highest BCUT2D eigenvalue weighted by atomic mass is 35.5. The van der Waals surface area contributed by atoms with Crippen molar-refractivity contribution in [3.05, 3.63) is 83.4 Å². The van der Waals surface area contributed by atoms with Gasteiger partial charge in [0.2, 0.25) is 11.8 Å². The summed E-state index contributed by atoms with van der Waals surface area (Å²) in [7, 11) is -4.17. The van der Waals surface area contributed by atoms with Crippen molar-refractivity contribution in [2.45, 2.75) is 49.6 Å². The van der Waals surface area contributed by atoms with E-state index in [-0.39, 0.29) is 17.3 Å². The second-order valence-electron chi connectivity index (χ2n) is 9.05. The first-order valence-corrected chi connectivity index (χ1v) is 16.4. The Morgan fingerprint density at radius 3 is 2.20 bits per heavy atom. The fourth-order valence-electron chi connectivity index (χ4n) is 4.30. The maximum atomic E-state index is 14.1. The number of benzene rings is 3. The van der Waals surface area contributed by atoms with Gasteiger partial charge in [0.1, 0.15) is 18.3 Å². The molecular weight excluding hydrogens is 582 g/mol. The van der Waals surface area contributed by atoms with Crippen LogP contribution in [0.15, 0.2) is 82.6 Å². The number of anilines is 1. The molecule has 11 heteroatoms. The largest absolute Gasteiger partial charge is 0.494 e. The lowest BCUT2D eigenvalue weighted by atomic mass is 10.1. The number of ether oxygens (including phenoxy) is 1. The Bertz CT molecular complexity index is 1420. The maximum Gasteiger partial charge on any atom is 0.264 e. The van der Waals surface area contributed by atoms with Crippen LogP contribution in [-0.4, -0.2) is 57.1 Å². The molecule has 0 aliphatic heterocycles. The molecule has 0 fully saturated rings. The average molecular weight is 618 g/mol. The standard InChI is InChI=1S/C30H36ClN3O5S2/c1-5-28(30(36)32-6-2)33(20-22-10-8-9-11-27(22)31)29(35)21-34(23-12-14-24(15-13-23)39-7-3)41(37,38)26-18-16-25(40-4)17-19-26/h8-19,28H,5-7,20-21H2,1-4H3,(H,32,36)/t28-/m1/s1. The Hall–Kier alpha value is -3.21. The van der Waals surface area contributed by atoms with Crippen molar-refractivity contribution in [1.29, 1.82) is 0 Å². The van der Waals surface area contributed by atoms with E-state index in [0.29, 0.717) is 41.6 Å². The molecule has 0 aliphatic carbocycles. The molecule has 0 radical (unpaired) electrons. The van der Waals surface area contributed by atoms with Crippen LogP contribution >= 0.6 is 23.4 Å². The molecule has 3 rings (SSSR count). The molecule has 220 valence electrons. The van der Waals surface area contributed by atoms with Crippen molar-refractivity contribution >= 4 is 50.9 Å². The first-order chi connectivity index (χ1) is 19.7. The summed E-state index contributed by atoms with van der Waals surface area (Å²) in [4.78, 5) is 29.5. The number of carbonyl (C=O) groups excluding carboxylic acids is 2. The van der Waals surface area contributed by atoms with Gasteiger partial charge in [-0.3, -0.25) is 13.9 Å². The Kier molecular flexibility index (Phi) is 11.9. The summed E-state index contributed by atoms with van der Waals surface area (Å²) in [5.74, 6) is -0.286. The minimum absolute atomic E-state index is 0.0354. The van der Waals surface area contributed by atoms with Crippen LogP contribution in [0, 0.1) is 0 Å². The van der Waals surface area contributed by atoms with Crippen LogP contribution in [0.25, 0.3) is 0 Å². The zero-order valence-corrected chi connectivity index (χ0v) is 26.1. The summed E-state index contributed by atoms with van der Waals surface area (Å²) in [6, 6.07) is 19.3. The van der Waals surface area contributed by atoms with E-state index in [9.17, 15) is 18.0 Å². The van der Waals surface area contributed by atoms with Crippen LogP contribution in [0.2, 0.25) is 5.02 Å². The highest BCUT2D eigenvalue weighted by Gasteiger charge is 2.33. The van der Waals surface area contributed by atoms with Gasteiger partial charge in [-0.05, 0) is 86.7 Å². The second kappa shape index (κ2) is 15.1.